The molecule has 1 aliphatic heterocycles. The van der Waals surface area contributed by atoms with Gasteiger partial charge in [-0.05, 0) is 30.3 Å². The first-order valence-electron chi connectivity index (χ1n) is 8.98. The number of para-hydroxylation sites is 1. The number of hydrogen-bond acceptors (Lipinski definition) is 6. The third-order valence-electron chi connectivity index (χ3n) is 4.13. The Morgan fingerprint density at radius 1 is 1.07 bits per heavy atom. The number of anilines is 1. The van der Waals surface area contributed by atoms with Crippen LogP contribution in [0.15, 0.2) is 48.5 Å². The Morgan fingerprint density at radius 3 is 2.57 bits per heavy atom. The number of nitrogens with zero attached hydrogens (tertiary/aromatic N) is 2. The molecule has 0 spiro atoms. The summed E-state index contributed by atoms with van der Waals surface area (Å²) in [6, 6.07) is 15.8. The van der Waals surface area contributed by atoms with Gasteiger partial charge >= 0.3 is 5.97 Å². The average Bonchev–Trinajstić information content (AvgIpc) is 2.98. The van der Waals surface area contributed by atoms with Crippen LogP contribution in [0.25, 0.3) is 0 Å². The lowest BCUT2D eigenvalue weighted by molar-refractivity contribution is -0.121. The first-order valence-corrected chi connectivity index (χ1v) is 8.98. The van der Waals surface area contributed by atoms with E-state index in [1.807, 2.05) is 12.1 Å². The number of ether oxygens (including phenoxy) is 3. The highest BCUT2D eigenvalue weighted by atomic mass is 16.5. The van der Waals surface area contributed by atoms with Gasteiger partial charge < -0.3 is 19.1 Å². The maximum atomic E-state index is 12.6. The number of benzene rings is 2. The summed E-state index contributed by atoms with van der Waals surface area (Å²) in [7, 11) is 0. The summed E-state index contributed by atoms with van der Waals surface area (Å²) in [5, 5.41) is 8.83. The number of nitriles is 1. The first-order chi connectivity index (χ1) is 13.7. The number of amides is 1. The fourth-order valence-electron chi connectivity index (χ4n) is 2.75. The molecule has 7 nitrogen and oxygen atoms in total. The van der Waals surface area contributed by atoms with Crippen molar-refractivity contribution in [1.29, 1.82) is 5.26 Å². The van der Waals surface area contributed by atoms with Crippen LogP contribution < -0.4 is 14.4 Å². The number of esters is 1. The van der Waals surface area contributed by atoms with Crippen molar-refractivity contribution in [3.05, 3.63) is 54.1 Å². The second kappa shape index (κ2) is 9.42. The molecule has 0 saturated heterocycles. The molecule has 28 heavy (non-hydrogen) atoms. The smallest absolute Gasteiger partial charge is 0.338 e. The summed E-state index contributed by atoms with van der Waals surface area (Å²) in [6.45, 7) is 0.868. The van der Waals surface area contributed by atoms with E-state index in [9.17, 15) is 9.59 Å². The Labute approximate surface area is 163 Å². The predicted octanol–water partition coefficient (Wildman–Crippen LogP) is 2.95. The van der Waals surface area contributed by atoms with Crippen molar-refractivity contribution in [3.8, 4) is 17.6 Å². The molecule has 0 fully saturated rings. The van der Waals surface area contributed by atoms with E-state index >= 15 is 0 Å². The van der Waals surface area contributed by atoms with E-state index in [4.69, 9.17) is 19.5 Å². The van der Waals surface area contributed by atoms with Crippen molar-refractivity contribution in [2.75, 3.05) is 31.3 Å². The highest BCUT2D eigenvalue weighted by Crippen LogP contribution is 2.30. The van der Waals surface area contributed by atoms with Crippen molar-refractivity contribution in [2.45, 2.75) is 12.8 Å². The Morgan fingerprint density at radius 2 is 1.82 bits per heavy atom. The molecule has 0 saturated carbocycles. The number of carbonyl (C=O) groups excluding carboxylic acids is 2. The van der Waals surface area contributed by atoms with Gasteiger partial charge in [-0.1, -0.05) is 18.2 Å². The zero-order valence-electron chi connectivity index (χ0n) is 15.3. The molecule has 0 radical (unpaired) electrons. The van der Waals surface area contributed by atoms with Gasteiger partial charge in [-0.2, -0.15) is 5.26 Å². The highest BCUT2D eigenvalue weighted by Gasteiger charge is 2.19. The molecule has 0 bridgehead atoms. The van der Waals surface area contributed by atoms with Gasteiger partial charge in [0.15, 0.2) is 18.1 Å². The summed E-state index contributed by atoms with van der Waals surface area (Å²) in [6.07, 6.45) is 0.942. The van der Waals surface area contributed by atoms with Crippen LogP contribution >= 0.6 is 0 Å². The van der Waals surface area contributed by atoms with Gasteiger partial charge in [-0.3, -0.25) is 4.79 Å². The summed E-state index contributed by atoms with van der Waals surface area (Å²) in [4.78, 5) is 26.3. The standard InChI is InChI=1S/C21H20N2O5/c22-10-4-11-23(17-6-2-1-3-7-17)20(24)15-28-21(25)16-8-9-18-19(14-16)27-13-5-12-26-18/h1-3,6-9,14H,4-5,11-13,15H2. The lowest BCUT2D eigenvalue weighted by atomic mass is 10.2. The topological polar surface area (TPSA) is 88.9 Å². The van der Waals surface area contributed by atoms with Gasteiger partial charge in [0.2, 0.25) is 0 Å². The molecule has 0 aromatic heterocycles. The summed E-state index contributed by atoms with van der Waals surface area (Å²) in [5.41, 5.74) is 0.926. The van der Waals surface area contributed by atoms with Gasteiger partial charge in [0, 0.05) is 18.7 Å². The van der Waals surface area contributed by atoms with E-state index in [0.717, 1.165) is 6.42 Å². The number of rotatable bonds is 6. The normalized spacial score (nSPS) is 12.4. The molecule has 0 unspecified atom stereocenters. The SMILES string of the molecule is N#CCCN(C(=O)COC(=O)c1ccc2c(c1)OCCCO2)c1ccccc1. The molecule has 0 N–H and O–H groups in total. The van der Waals surface area contributed by atoms with E-state index in [2.05, 4.69) is 0 Å². The second-order valence-corrected chi connectivity index (χ2v) is 6.08. The fraction of sp³-hybridized carbons (Fsp3) is 0.286. The maximum Gasteiger partial charge on any atom is 0.338 e. The molecule has 2 aromatic carbocycles. The zero-order valence-corrected chi connectivity index (χ0v) is 15.3. The van der Waals surface area contributed by atoms with Gasteiger partial charge in [0.05, 0.1) is 31.3 Å². The van der Waals surface area contributed by atoms with Gasteiger partial charge in [0.1, 0.15) is 0 Å². The zero-order chi connectivity index (χ0) is 19.8. The minimum Gasteiger partial charge on any atom is -0.490 e. The summed E-state index contributed by atoms with van der Waals surface area (Å²) in [5.74, 6) is 0.0385. The summed E-state index contributed by atoms with van der Waals surface area (Å²) < 4.78 is 16.3. The molecule has 3 rings (SSSR count). The van der Waals surface area contributed by atoms with Crippen LogP contribution in [-0.4, -0.2) is 38.2 Å². The van der Waals surface area contributed by atoms with Gasteiger partial charge in [0.25, 0.3) is 5.91 Å². The lowest BCUT2D eigenvalue weighted by Gasteiger charge is -2.21. The van der Waals surface area contributed by atoms with E-state index < -0.39 is 18.5 Å². The molecule has 1 amide bonds. The van der Waals surface area contributed by atoms with Crippen LogP contribution in [0, 0.1) is 11.3 Å². The van der Waals surface area contributed by atoms with Crippen molar-refractivity contribution in [2.24, 2.45) is 0 Å². The molecular weight excluding hydrogens is 360 g/mol. The summed E-state index contributed by atoms with van der Waals surface area (Å²) >= 11 is 0. The van der Waals surface area contributed by atoms with E-state index in [1.165, 1.54) is 4.90 Å². The number of fused-ring (bicyclic) bond motifs is 1. The minimum absolute atomic E-state index is 0.177. The van der Waals surface area contributed by atoms with Crippen molar-refractivity contribution in [1.82, 2.24) is 0 Å². The third kappa shape index (κ3) is 4.80. The van der Waals surface area contributed by atoms with Crippen molar-refractivity contribution >= 4 is 17.6 Å². The molecule has 1 heterocycles. The minimum atomic E-state index is -0.628. The van der Waals surface area contributed by atoms with Crippen LogP contribution in [0.5, 0.6) is 11.5 Å². The van der Waals surface area contributed by atoms with Crippen LogP contribution in [0.4, 0.5) is 5.69 Å². The Kier molecular flexibility index (Phi) is 6.47. The Hall–Kier alpha value is -3.53. The van der Waals surface area contributed by atoms with Crippen LogP contribution in [-0.2, 0) is 9.53 Å². The lowest BCUT2D eigenvalue weighted by Crippen LogP contribution is -2.35. The fourth-order valence-corrected chi connectivity index (χ4v) is 2.75. The van der Waals surface area contributed by atoms with Gasteiger partial charge in [-0.15, -0.1) is 0 Å². The van der Waals surface area contributed by atoms with Crippen molar-refractivity contribution in [3.63, 3.8) is 0 Å². The molecule has 7 heteroatoms. The molecule has 0 atom stereocenters. The van der Waals surface area contributed by atoms with Crippen LogP contribution in [0.1, 0.15) is 23.2 Å². The predicted molar refractivity (Wildman–Crippen MR) is 101 cm³/mol. The quantitative estimate of drug-likeness (QED) is 0.716. The maximum absolute atomic E-state index is 12.6. The Bertz CT molecular complexity index is 876. The second-order valence-electron chi connectivity index (χ2n) is 6.08. The monoisotopic (exact) mass is 380 g/mol. The number of carbonyl (C=O) groups is 2. The third-order valence-corrected chi connectivity index (χ3v) is 4.13. The molecule has 0 aliphatic carbocycles. The van der Waals surface area contributed by atoms with E-state index in [-0.39, 0.29) is 18.5 Å². The highest BCUT2D eigenvalue weighted by molar-refractivity contribution is 5.97. The molecular formula is C21H20N2O5. The van der Waals surface area contributed by atoms with E-state index in [1.54, 1.807) is 42.5 Å². The molecule has 1 aliphatic rings. The molecule has 2 aromatic rings. The van der Waals surface area contributed by atoms with E-state index in [0.29, 0.717) is 30.4 Å². The number of hydrogen-bond donors (Lipinski definition) is 0. The first kappa shape index (κ1) is 19.2. The van der Waals surface area contributed by atoms with Crippen LogP contribution in [0.3, 0.4) is 0 Å². The molecule has 144 valence electrons. The van der Waals surface area contributed by atoms with Crippen molar-refractivity contribution < 1.29 is 23.8 Å². The Balaban J connectivity index is 1.65. The van der Waals surface area contributed by atoms with Gasteiger partial charge in [-0.25, -0.2) is 4.79 Å². The van der Waals surface area contributed by atoms with Crippen LogP contribution in [0.2, 0.25) is 0 Å². The largest absolute Gasteiger partial charge is 0.490 e. The average molecular weight is 380 g/mol.